The predicted molar refractivity (Wildman–Crippen MR) is 232 cm³/mol. The van der Waals surface area contributed by atoms with Crippen LogP contribution < -0.4 is 10.6 Å². The van der Waals surface area contributed by atoms with Crippen LogP contribution in [0.3, 0.4) is 0 Å². The first-order valence-electron chi connectivity index (χ1n) is 21.5. The summed E-state index contributed by atoms with van der Waals surface area (Å²) >= 11 is 0. The van der Waals surface area contributed by atoms with Gasteiger partial charge in [-0.15, -0.1) is 0 Å². The van der Waals surface area contributed by atoms with E-state index in [-0.39, 0.29) is 25.3 Å². The van der Waals surface area contributed by atoms with Crippen LogP contribution in [-0.4, -0.2) is 138 Å². The molecule has 3 N–H and O–H groups in total. The van der Waals surface area contributed by atoms with Crippen molar-refractivity contribution in [2.75, 3.05) is 38.0 Å². The molecule has 1 aromatic carbocycles. The largest absolute Gasteiger partial charge is 0.480 e. The van der Waals surface area contributed by atoms with E-state index >= 15 is 0 Å². The van der Waals surface area contributed by atoms with Crippen LogP contribution in [0.5, 0.6) is 0 Å². The van der Waals surface area contributed by atoms with Crippen LogP contribution in [0.1, 0.15) is 107 Å². The second-order valence-corrected chi connectivity index (χ2v) is 19.3. The summed E-state index contributed by atoms with van der Waals surface area (Å²) in [6.07, 6.45) is 0.382. The maximum Gasteiger partial charge on any atom is 0.413 e. The summed E-state index contributed by atoms with van der Waals surface area (Å²) in [4.78, 5) is 68.3. The molecule has 3 aromatic rings. The van der Waals surface area contributed by atoms with Gasteiger partial charge in [-0.05, 0) is 114 Å². The minimum absolute atomic E-state index is 0.0328. The topological polar surface area (TPSA) is 218 Å². The first-order chi connectivity index (χ1) is 29.4. The number of benzene rings is 1. The van der Waals surface area contributed by atoms with Crippen molar-refractivity contribution in [1.29, 1.82) is 0 Å². The number of fused-ring (bicyclic) bond motifs is 2. The zero-order chi connectivity index (χ0) is 46.3. The number of nitrogens with zero attached hydrogens (tertiary/aromatic N) is 6. The highest BCUT2D eigenvalue weighted by atomic mass is 16.8. The minimum Gasteiger partial charge on any atom is -0.480 e. The van der Waals surface area contributed by atoms with E-state index in [1.54, 1.807) is 57.3 Å². The first kappa shape index (κ1) is 48.9. The highest BCUT2D eigenvalue weighted by molar-refractivity contribution is 5.93. The third-order valence-corrected chi connectivity index (χ3v) is 9.83. The van der Waals surface area contributed by atoms with Gasteiger partial charge in [0.05, 0.1) is 6.33 Å². The molecule has 19 heteroatoms. The fourth-order valence-corrected chi connectivity index (χ4v) is 7.35. The van der Waals surface area contributed by atoms with Gasteiger partial charge >= 0.3 is 24.2 Å². The second kappa shape index (κ2) is 20.2. The highest BCUT2D eigenvalue weighted by Gasteiger charge is 2.56. The Morgan fingerprint density at radius 2 is 1.46 bits per heavy atom. The van der Waals surface area contributed by atoms with Crippen LogP contribution in [0.15, 0.2) is 43.0 Å². The van der Waals surface area contributed by atoms with Crippen LogP contribution in [0, 0.1) is 0 Å². The van der Waals surface area contributed by atoms with Crippen molar-refractivity contribution >= 4 is 41.2 Å². The minimum atomic E-state index is -1.26. The van der Waals surface area contributed by atoms with E-state index in [4.69, 9.17) is 28.4 Å². The molecule has 63 heavy (non-hydrogen) atoms. The van der Waals surface area contributed by atoms with Gasteiger partial charge in [-0.3, -0.25) is 9.88 Å². The van der Waals surface area contributed by atoms with E-state index in [1.807, 2.05) is 57.7 Å². The number of nitrogens with one attached hydrogen (secondary N) is 2. The Morgan fingerprint density at radius 3 is 2.11 bits per heavy atom. The van der Waals surface area contributed by atoms with Gasteiger partial charge in [0.1, 0.15) is 47.5 Å². The normalized spacial score (nSPS) is 20.3. The molecule has 2 aliphatic rings. The lowest BCUT2D eigenvalue weighted by Gasteiger charge is -2.31. The van der Waals surface area contributed by atoms with E-state index < -0.39 is 77.4 Å². The molecule has 0 radical (unpaired) electrons. The van der Waals surface area contributed by atoms with Crippen molar-refractivity contribution < 1.29 is 52.7 Å². The van der Waals surface area contributed by atoms with Crippen LogP contribution in [-0.2, 0) is 39.6 Å². The molecule has 19 nitrogen and oxygen atoms in total. The Labute approximate surface area is 369 Å². The molecule has 5 rings (SSSR count). The van der Waals surface area contributed by atoms with Crippen LogP contribution in [0.25, 0.3) is 11.2 Å². The van der Waals surface area contributed by atoms with E-state index in [0.717, 1.165) is 12.8 Å². The predicted octanol–water partition coefficient (Wildman–Crippen LogP) is 6.52. The number of aryl methyl sites for hydroxylation is 1. The van der Waals surface area contributed by atoms with Crippen molar-refractivity contribution in [3.8, 4) is 0 Å². The van der Waals surface area contributed by atoms with E-state index in [0.29, 0.717) is 37.2 Å². The highest BCUT2D eigenvalue weighted by Crippen LogP contribution is 2.44. The number of carbonyl (C=O) groups excluding carboxylic acids is 3. The maximum atomic E-state index is 13.5. The molecule has 0 aliphatic carbocycles. The molecule has 3 amide bonds. The van der Waals surface area contributed by atoms with E-state index in [9.17, 15) is 24.3 Å². The average Bonchev–Trinajstić information content (AvgIpc) is 3.81. The summed E-state index contributed by atoms with van der Waals surface area (Å²) in [5, 5.41) is 15.3. The van der Waals surface area contributed by atoms with Crippen molar-refractivity contribution in [3.63, 3.8) is 0 Å². The fraction of sp³-hybridized carbons (Fsp3) is 0.659. The number of imidazole rings is 1. The Morgan fingerprint density at radius 1 is 0.825 bits per heavy atom. The smallest absolute Gasteiger partial charge is 0.413 e. The second-order valence-electron chi connectivity index (χ2n) is 19.3. The Bertz CT molecular complexity index is 2030. The number of aromatic nitrogens is 4. The number of carboxylic acids is 1. The molecule has 0 unspecified atom stereocenters. The van der Waals surface area contributed by atoms with E-state index in [2.05, 4.69) is 37.7 Å². The van der Waals surface area contributed by atoms with Crippen LogP contribution in [0.2, 0.25) is 0 Å². The van der Waals surface area contributed by atoms with E-state index in [1.165, 1.54) is 11.9 Å². The number of alkyl carbamates (subject to hydrolysis) is 1. The molecule has 2 aromatic heterocycles. The summed E-state index contributed by atoms with van der Waals surface area (Å²) in [7, 11) is 0. The third kappa shape index (κ3) is 14.7. The van der Waals surface area contributed by atoms with Gasteiger partial charge in [-0.2, -0.15) is 0 Å². The number of amides is 3. The number of rotatable bonds is 17. The number of anilines is 1. The molecule has 2 fully saturated rings. The lowest BCUT2D eigenvalue weighted by atomic mass is 10.1. The fourth-order valence-electron chi connectivity index (χ4n) is 7.35. The van der Waals surface area contributed by atoms with Gasteiger partial charge in [0.25, 0.3) is 0 Å². The molecule has 2 aliphatic heterocycles. The summed E-state index contributed by atoms with van der Waals surface area (Å²) in [5.41, 5.74) is -0.404. The average molecular weight is 883 g/mol. The SMILES string of the molecule is CC(C)(C)OC(=O)Nc1ncnc2c1ncn2[C@@H]1O[C@H](CN(CCCN(CCCc2ccccc2)C(=O)OC(C)(C)C)CC[C@H](NC(=O)OC(C)(C)C)C(=O)O)[C@H]2OC(C)(C)O[C@H]21. The van der Waals surface area contributed by atoms with Gasteiger partial charge < -0.3 is 48.6 Å². The lowest BCUT2D eigenvalue weighted by molar-refractivity contribution is -0.198. The van der Waals surface area contributed by atoms with Gasteiger partial charge in [0.2, 0.25) is 0 Å². The van der Waals surface area contributed by atoms with Crippen molar-refractivity contribution in [3.05, 3.63) is 48.5 Å². The summed E-state index contributed by atoms with van der Waals surface area (Å²) in [6.45, 7) is 21.2. The zero-order valence-corrected chi connectivity index (χ0v) is 38.5. The number of aliphatic carboxylic acids is 1. The molecule has 5 atom stereocenters. The summed E-state index contributed by atoms with van der Waals surface area (Å²) in [5.74, 6) is -2.03. The number of carbonyl (C=O) groups is 4. The lowest BCUT2D eigenvalue weighted by Crippen LogP contribution is -2.47. The summed E-state index contributed by atoms with van der Waals surface area (Å²) in [6, 6.07) is 8.81. The summed E-state index contributed by atoms with van der Waals surface area (Å²) < 4.78 is 37.9. The van der Waals surface area contributed by atoms with Gasteiger partial charge in [0, 0.05) is 26.2 Å². The Kier molecular flexibility index (Phi) is 15.7. The molecular weight excluding hydrogens is 817 g/mol. The maximum absolute atomic E-state index is 13.5. The Hall–Kier alpha value is -5.11. The number of ether oxygens (including phenoxy) is 6. The Balaban J connectivity index is 1.37. The number of carboxylic acid groups (broad SMARTS) is 1. The number of hydrogen-bond donors (Lipinski definition) is 3. The van der Waals surface area contributed by atoms with Crippen molar-refractivity contribution in [1.82, 2.24) is 34.6 Å². The van der Waals surface area contributed by atoms with Gasteiger partial charge in [-0.25, -0.2) is 34.1 Å². The molecular formula is C44H66N8O11. The third-order valence-electron chi connectivity index (χ3n) is 9.83. The molecule has 2 saturated heterocycles. The number of hydrogen-bond acceptors (Lipinski definition) is 14. The van der Waals surface area contributed by atoms with Gasteiger partial charge in [0.15, 0.2) is 29.0 Å². The monoisotopic (exact) mass is 882 g/mol. The molecule has 0 bridgehead atoms. The molecule has 4 heterocycles. The van der Waals surface area contributed by atoms with Crippen molar-refractivity contribution in [2.24, 2.45) is 0 Å². The zero-order valence-electron chi connectivity index (χ0n) is 38.5. The molecule has 0 saturated carbocycles. The standard InChI is InChI=1S/C44H66N8O11/c1-41(2,3)61-38(55)48-29(37(53)54)20-24-50(21-16-23-51(40(57)63-43(7,8)9)22-15-19-28-17-13-12-14-18-28)25-30-32-33(60-44(10,11)59-32)36(58-30)52-27-47-31-34(45-26-46-35(31)52)49-39(56)62-42(4,5)6/h12-14,17-18,26-27,29-30,32-33,36H,15-16,19-25H2,1-11H3,(H,48,55)(H,53,54)(H,45,46,49,56)/t29-,30+,32+,33+,36+/m0/s1. The quantitative estimate of drug-likeness (QED) is 0.123. The van der Waals surface area contributed by atoms with Crippen LogP contribution in [0.4, 0.5) is 20.2 Å². The van der Waals surface area contributed by atoms with Crippen LogP contribution >= 0.6 is 0 Å². The molecule has 348 valence electrons. The van der Waals surface area contributed by atoms with Gasteiger partial charge in [-0.1, -0.05) is 30.3 Å². The van der Waals surface area contributed by atoms with Crippen molar-refractivity contribution in [2.45, 2.75) is 155 Å². The molecule has 0 spiro atoms. The first-order valence-corrected chi connectivity index (χ1v) is 21.5.